The number of anilines is 2. The third-order valence-electron chi connectivity index (χ3n) is 3.71. The molecule has 0 unspecified atom stereocenters. The van der Waals surface area contributed by atoms with E-state index in [1.54, 1.807) is 0 Å². The van der Waals surface area contributed by atoms with Crippen molar-refractivity contribution in [3.63, 3.8) is 0 Å². The summed E-state index contributed by atoms with van der Waals surface area (Å²) in [5, 5.41) is 12.6. The molecule has 0 heterocycles. The first-order valence-electron chi connectivity index (χ1n) is 7.22. The van der Waals surface area contributed by atoms with E-state index in [1.165, 1.54) is 28.1 Å². The number of aliphatic hydroxyl groups is 1. The SMILES string of the molecule is Cc1cc(N(C)C)cc(C)c1NCc1ccc(CO)cc1. The lowest BCUT2D eigenvalue weighted by molar-refractivity contribution is 0.282. The lowest BCUT2D eigenvalue weighted by Gasteiger charge is -2.19. The second-order valence-corrected chi connectivity index (χ2v) is 5.68. The molecule has 0 fully saturated rings. The van der Waals surface area contributed by atoms with E-state index in [4.69, 9.17) is 5.11 Å². The highest BCUT2D eigenvalue weighted by Crippen LogP contribution is 2.26. The largest absolute Gasteiger partial charge is 0.392 e. The van der Waals surface area contributed by atoms with Crippen LogP contribution in [-0.4, -0.2) is 19.2 Å². The summed E-state index contributed by atoms with van der Waals surface area (Å²) in [7, 11) is 4.12. The fraction of sp³-hybridized carbons (Fsp3) is 0.333. The van der Waals surface area contributed by atoms with Crippen LogP contribution in [0.15, 0.2) is 36.4 Å². The van der Waals surface area contributed by atoms with E-state index in [-0.39, 0.29) is 6.61 Å². The van der Waals surface area contributed by atoms with Crippen LogP contribution in [0.2, 0.25) is 0 Å². The molecule has 0 amide bonds. The minimum atomic E-state index is 0.0952. The summed E-state index contributed by atoms with van der Waals surface area (Å²) in [5.41, 5.74) is 7.09. The number of nitrogens with one attached hydrogen (secondary N) is 1. The molecule has 2 N–H and O–H groups in total. The predicted molar refractivity (Wildman–Crippen MR) is 89.9 cm³/mol. The fourth-order valence-corrected chi connectivity index (χ4v) is 2.43. The maximum Gasteiger partial charge on any atom is 0.0681 e. The number of benzene rings is 2. The molecular weight excluding hydrogens is 260 g/mol. The van der Waals surface area contributed by atoms with Gasteiger partial charge in [-0.25, -0.2) is 0 Å². The highest BCUT2D eigenvalue weighted by atomic mass is 16.3. The van der Waals surface area contributed by atoms with E-state index < -0.39 is 0 Å². The van der Waals surface area contributed by atoms with Gasteiger partial charge in [0.25, 0.3) is 0 Å². The van der Waals surface area contributed by atoms with E-state index >= 15 is 0 Å². The van der Waals surface area contributed by atoms with Crippen LogP contribution in [0, 0.1) is 13.8 Å². The van der Waals surface area contributed by atoms with Crippen LogP contribution in [0.3, 0.4) is 0 Å². The Labute approximate surface area is 127 Å². The minimum Gasteiger partial charge on any atom is -0.392 e. The van der Waals surface area contributed by atoms with E-state index in [1.807, 2.05) is 12.1 Å². The van der Waals surface area contributed by atoms with Crippen LogP contribution in [0.5, 0.6) is 0 Å². The number of rotatable bonds is 5. The van der Waals surface area contributed by atoms with Crippen molar-refractivity contribution >= 4 is 11.4 Å². The molecule has 0 aliphatic heterocycles. The third-order valence-corrected chi connectivity index (χ3v) is 3.71. The summed E-state index contributed by atoms with van der Waals surface area (Å²) in [5.74, 6) is 0. The number of hydrogen-bond donors (Lipinski definition) is 2. The Hall–Kier alpha value is -2.00. The van der Waals surface area contributed by atoms with Gasteiger partial charge in [0, 0.05) is 32.0 Å². The zero-order valence-corrected chi connectivity index (χ0v) is 13.3. The van der Waals surface area contributed by atoms with E-state index in [2.05, 4.69) is 62.4 Å². The van der Waals surface area contributed by atoms with Crippen molar-refractivity contribution in [3.8, 4) is 0 Å². The highest BCUT2D eigenvalue weighted by molar-refractivity contribution is 5.64. The maximum absolute atomic E-state index is 9.06. The summed E-state index contributed by atoms with van der Waals surface area (Å²) in [4.78, 5) is 2.12. The van der Waals surface area contributed by atoms with Crippen molar-refractivity contribution in [1.82, 2.24) is 0 Å². The Bertz CT molecular complexity index is 580. The summed E-state index contributed by atoms with van der Waals surface area (Å²) < 4.78 is 0. The van der Waals surface area contributed by atoms with Crippen LogP contribution in [-0.2, 0) is 13.2 Å². The standard InChI is InChI=1S/C18H24N2O/c1-13-9-17(20(3)4)10-14(2)18(13)19-11-15-5-7-16(12-21)8-6-15/h5-10,19,21H,11-12H2,1-4H3. The van der Waals surface area contributed by atoms with Gasteiger partial charge in [0.05, 0.1) is 6.61 Å². The molecule has 0 aromatic heterocycles. The van der Waals surface area contributed by atoms with Crippen LogP contribution in [0.1, 0.15) is 22.3 Å². The second kappa shape index (κ2) is 6.64. The molecule has 2 aromatic rings. The lowest BCUT2D eigenvalue weighted by atomic mass is 10.1. The lowest BCUT2D eigenvalue weighted by Crippen LogP contribution is -2.10. The van der Waals surface area contributed by atoms with Gasteiger partial charge in [0.15, 0.2) is 0 Å². The van der Waals surface area contributed by atoms with Crippen molar-refractivity contribution < 1.29 is 5.11 Å². The Morgan fingerprint density at radius 3 is 1.95 bits per heavy atom. The first-order chi connectivity index (χ1) is 10.0. The van der Waals surface area contributed by atoms with Crippen molar-refractivity contribution in [1.29, 1.82) is 0 Å². The maximum atomic E-state index is 9.06. The average molecular weight is 284 g/mol. The van der Waals surface area contributed by atoms with Gasteiger partial charge in [-0.2, -0.15) is 0 Å². The number of hydrogen-bond acceptors (Lipinski definition) is 3. The molecule has 0 bridgehead atoms. The molecular formula is C18H24N2O. The molecule has 0 radical (unpaired) electrons. The second-order valence-electron chi connectivity index (χ2n) is 5.68. The molecule has 0 atom stereocenters. The summed E-state index contributed by atoms with van der Waals surface area (Å²) in [6.45, 7) is 5.15. The monoisotopic (exact) mass is 284 g/mol. The van der Waals surface area contributed by atoms with Gasteiger partial charge in [-0.15, -0.1) is 0 Å². The van der Waals surface area contributed by atoms with Gasteiger partial charge in [0.1, 0.15) is 0 Å². The molecule has 21 heavy (non-hydrogen) atoms. The smallest absolute Gasteiger partial charge is 0.0681 e. The van der Waals surface area contributed by atoms with Gasteiger partial charge in [-0.1, -0.05) is 24.3 Å². The Kier molecular flexibility index (Phi) is 4.86. The Morgan fingerprint density at radius 2 is 1.48 bits per heavy atom. The quantitative estimate of drug-likeness (QED) is 0.882. The van der Waals surface area contributed by atoms with Crippen LogP contribution < -0.4 is 10.2 Å². The zero-order valence-electron chi connectivity index (χ0n) is 13.3. The van der Waals surface area contributed by atoms with Gasteiger partial charge < -0.3 is 15.3 Å². The van der Waals surface area contributed by atoms with Gasteiger partial charge in [-0.05, 0) is 48.2 Å². The number of aliphatic hydroxyl groups excluding tert-OH is 1. The molecule has 112 valence electrons. The van der Waals surface area contributed by atoms with Gasteiger partial charge in [-0.3, -0.25) is 0 Å². The van der Waals surface area contributed by atoms with Crippen molar-refractivity contribution in [2.45, 2.75) is 27.0 Å². The van der Waals surface area contributed by atoms with Crippen molar-refractivity contribution in [3.05, 3.63) is 58.7 Å². The molecule has 3 nitrogen and oxygen atoms in total. The molecule has 0 aliphatic rings. The summed E-state index contributed by atoms with van der Waals surface area (Å²) in [6.07, 6.45) is 0. The first-order valence-corrected chi connectivity index (χ1v) is 7.22. The van der Waals surface area contributed by atoms with E-state index in [0.717, 1.165) is 12.1 Å². The zero-order chi connectivity index (χ0) is 15.4. The molecule has 0 aliphatic carbocycles. The normalized spacial score (nSPS) is 10.5. The average Bonchev–Trinajstić information content (AvgIpc) is 2.46. The summed E-state index contributed by atoms with van der Waals surface area (Å²) in [6, 6.07) is 12.4. The fourth-order valence-electron chi connectivity index (χ4n) is 2.43. The van der Waals surface area contributed by atoms with E-state index in [9.17, 15) is 0 Å². The molecule has 2 aromatic carbocycles. The van der Waals surface area contributed by atoms with Crippen LogP contribution in [0.4, 0.5) is 11.4 Å². The summed E-state index contributed by atoms with van der Waals surface area (Å²) >= 11 is 0. The van der Waals surface area contributed by atoms with Gasteiger partial charge in [0.2, 0.25) is 0 Å². The molecule has 2 rings (SSSR count). The van der Waals surface area contributed by atoms with Crippen molar-refractivity contribution in [2.24, 2.45) is 0 Å². The number of nitrogens with zero attached hydrogens (tertiary/aromatic N) is 1. The topological polar surface area (TPSA) is 35.5 Å². The Balaban J connectivity index is 2.12. The van der Waals surface area contributed by atoms with E-state index in [0.29, 0.717) is 0 Å². The van der Waals surface area contributed by atoms with Gasteiger partial charge >= 0.3 is 0 Å². The minimum absolute atomic E-state index is 0.0952. The third kappa shape index (κ3) is 3.76. The van der Waals surface area contributed by atoms with Crippen LogP contribution >= 0.6 is 0 Å². The first kappa shape index (κ1) is 15.4. The molecule has 0 saturated carbocycles. The molecule has 0 spiro atoms. The molecule has 3 heteroatoms. The van der Waals surface area contributed by atoms with Crippen LogP contribution in [0.25, 0.3) is 0 Å². The number of aryl methyl sites for hydroxylation is 2. The van der Waals surface area contributed by atoms with Crippen molar-refractivity contribution in [2.75, 3.05) is 24.3 Å². The molecule has 0 saturated heterocycles. The predicted octanol–water partition coefficient (Wildman–Crippen LogP) is 3.47. The Morgan fingerprint density at radius 1 is 0.952 bits per heavy atom. The highest BCUT2D eigenvalue weighted by Gasteiger charge is 2.06.